The topological polar surface area (TPSA) is 98.2 Å². The predicted octanol–water partition coefficient (Wildman–Crippen LogP) is 4.36. The van der Waals surface area contributed by atoms with Crippen LogP contribution in [0, 0.1) is 10.1 Å². The number of hydrogen-bond donors (Lipinski definition) is 1. The Morgan fingerprint density at radius 2 is 1.97 bits per heavy atom. The Hall–Kier alpha value is -4.02. The van der Waals surface area contributed by atoms with E-state index in [1.165, 1.54) is 12.3 Å². The third-order valence-electron chi connectivity index (χ3n) is 3.88. The SMILES string of the molecule is O=[N+]([O-])c1cc(C(F)(F)F)ccc1N/N=C/C=C/c1cn(Cc2ccccc2)nn1. The van der Waals surface area contributed by atoms with Crippen molar-refractivity contribution < 1.29 is 18.1 Å². The number of anilines is 1. The highest BCUT2D eigenvalue weighted by Crippen LogP contribution is 2.34. The Kier molecular flexibility index (Phi) is 6.20. The molecule has 0 saturated heterocycles. The number of nitro groups is 1. The molecule has 3 rings (SSSR count). The van der Waals surface area contributed by atoms with Gasteiger partial charge in [0.2, 0.25) is 0 Å². The maximum absolute atomic E-state index is 12.7. The molecule has 1 N–H and O–H groups in total. The highest BCUT2D eigenvalue weighted by molar-refractivity contribution is 5.78. The van der Waals surface area contributed by atoms with E-state index in [4.69, 9.17) is 0 Å². The number of hydrazone groups is 1. The third kappa shape index (κ3) is 5.50. The first-order valence-electron chi connectivity index (χ1n) is 8.58. The molecule has 0 unspecified atom stereocenters. The summed E-state index contributed by atoms with van der Waals surface area (Å²) in [6.45, 7) is 0.564. The van der Waals surface area contributed by atoms with E-state index >= 15 is 0 Å². The van der Waals surface area contributed by atoms with Crippen molar-refractivity contribution in [3.63, 3.8) is 0 Å². The van der Waals surface area contributed by atoms with E-state index < -0.39 is 22.4 Å². The monoisotopic (exact) mass is 416 g/mol. The van der Waals surface area contributed by atoms with Gasteiger partial charge >= 0.3 is 6.18 Å². The molecule has 11 heteroatoms. The Balaban J connectivity index is 1.61. The van der Waals surface area contributed by atoms with Crippen LogP contribution in [0.15, 0.2) is 65.9 Å². The second-order valence-corrected chi connectivity index (χ2v) is 6.06. The van der Waals surface area contributed by atoms with Gasteiger partial charge < -0.3 is 0 Å². The number of aromatic nitrogens is 3. The minimum Gasteiger partial charge on any atom is -0.272 e. The lowest BCUT2D eigenvalue weighted by Gasteiger charge is -2.08. The van der Waals surface area contributed by atoms with Gasteiger partial charge in [-0.2, -0.15) is 18.3 Å². The summed E-state index contributed by atoms with van der Waals surface area (Å²) in [5.41, 5.74) is 2.01. The standard InChI is InChI=1S/C19H15F3N6O2/c20-19(21,22)15-8-9-17(18(11-15)28(29)30)25-23-10-4-7-16-13-27(26-24-16)12-14-5-2-1-3-6-14/h1-11,13,25H,12H2/b7-4+,23-10+. The number of halogens is 3. The molecule has 0 bridgehead atoms. The van der Waals surface area contributed by atoms with Crippen LogP contribution >= 0.6 is 0 Å². The van der Waals surface area contributed by atoms with Gasteiger partial charge in [0.15, 0.2) is 0 Å². The number of hydrogen-bond acceptors (Lipinski definition) is 6. The second kappa shape index (κ2) is 8.99. The Morgan fingerprint density at radius 1 is 1.20 bits per heavy atom. The van der Waals surface area contributed by atoms with Gasteiger partial charge in [0.25, 0.3) is 5.69 Å². The van der Waals surface area contributed by atoms with Gasteiger partial charge in [-0.1, -0.05) is 35.5 Å². The quantitative estimate of drug-likeness (QED) is 0.350. The van der Waals surface area contributed by atoms with E-state index in [0.717, 1.165) is 17.7 Å². The van der Waals surface area contributed by atoms with E-state index in [0.29, 0.717) is 18.3 Å². The number of rotatable bonds is 7. The van der Waals surface area contributed by atoms with Gasteiger partial charge in [0, 0.05) is 12.3 Å². The van der Waals surface area contributed by atoms with Crippen LogP contribution in [0.1, 0.15) is 16.8 Å². The maximum Gasteiger partial charge on any atom is 0.416 e. The lowest BCUT2D eigenvalue weighted by atomic mass is 10.1. The summed E-state index contributed by atoms with van der Waals surface area (Å²) in [6, 6.07) is 11.9. The van der Waals surface area contributed by atoms with Crippen LogP contribution in [0.4, 0.5) is 24.5 Å². The number of alkyl halides is 3. The molecule has 8 nitrogen and oxygen atoms in total. The summed E-state index contributed by atoms with van der Waals surface area (Å²) < 4.78 is 39.8. The molecule has 1 aromatic heterocycles. The van der Waals surface area contributed by atoms with Crippen molar-refractivity contribution in [1.29, 1.82) is 0 Å². The smallest absolute Gasteiger partial charge is 0.272 e. The molecule has 1 heterocycles. The first-order valence-corrected chi connectivity index (χ1v) is 8.58. The number of allylic oxidation sites excluding steroid dienone is 1. The van der Waals surface area contributed by atoms with Crippen molar-refractivity contribution in [1.82, 2.24) is 15.0 Å². The van der Waals surface area contributed by atoms with Gasteiger partial charge in [-0.15, -0.1) is 5.10 Å². The average Bonchev–Trinajstić information content (AvgIpc) is 3.15. The summed E-state index contributed by atoms with van der Waals surface area (Å²) in [7, 11) is 0. The highest BCUT2D eigenvalue weighted by atomic mass is 19.4. The highest BCUT2D eigenvalue weighted by Gasteiger charge is 2.33. The summed E-state index contributed by atoms with van der Waals surface area (Å²) in [5, 5.41) is 22.8. The minimum absolute atomic E-state index is 0.161. The second-order valence-electron chi connectivity index (χ2n) is 6.06. The van der Waals surface area contributed by atoms with Crippen LogP contribution in [0.25, 0.3) is 6.08 Å². The number of benzene rings is 2. The van der Waals surface area contributed by atoms with Crippen LogP contribution < -0.4 is 5.43 Å². The molecule has 0 saturated carbocycles. The molecular weight excluding hydrogens is 401 g/mol. The van der Waals surface area contributed by atoms with E-state index in [1.807, 2.05) is 30.3 Å². The molecule has 0 fully saturated rings. The summed E-state index contributed by atoms with van der Waals surface area (Å²) in [4.78, 5) is 10.1. The van der Waals surface area contributed by atoms with E-state index in [-0.39, 0.29) is 5.69 Å². The Bertz CT molecular complexity index is 1080. The zero-order chi connectivity index (χ0) is 21.6. The van der Waals surface area contributed by atoms with Crippen molar-refractivity contribution in [2.45, 2.75) is 12.7 Å². The number of nitro benzene ring substituents is 1. The molecule has 30 heavy (non-hydrogen) atoms. The fourth-order valence-electron chi connectivity index (χ4n) is 2.48. The summed E-state index contributed by atoms with van der Waals surface area (Å²) >= 11 is 0. The Morgan fingerprint density at radius 3 is 2.67 bits per heavy atom. The van der Waals surface area contributed by atoms with Crippen LogP contribution in [0.5, 0.6) is 0 Å². The lowest BCUT2D eigenvalue weighted by Crippen LogP contribution is -2.06. The molecule has 0 aliphatic rings. The predicted molar refractivity (Wildman–Crippen MR) is 105 cm³/mol. The van der Waals surface area contributed by atoms with Crippen molar-refractivity contribution >= 4 is 23.7 Å². The summed E-state index contributed by atoms with van der Waals surface area (Å²) in [6.07, 6.45) is 1.47. The van der Waals surface area contributed by atoms with E-state index in [9.17, 15) is 23.3 Å². The van der Waals surface area contributed by atoms with Crippen LogP contribution in [0.2, 0.25) is 0 Å². The van der Waals surface area contributed by atoms with Gasteiger partial charge in [0.1, 0.15) is 11.4 Å². The molecular formula is C19H15F3N6O2. The van der Waals surface area contributed by atoms with E-state index in [1.54, 1.807) is 17.0 Å². The molecule has 2 aromatic carbocycles. The first kappa shape index (κ1) is 20.7. The summed E-state index contributed by atoms with van der Waals surface area (Å²) in [5.74, 6) is 0. The molecule has 0 radical (unpaired) electrons. The van der Waals surface area contributed by atoms with E-state index in [2.05, 4.69) is 20.8 Å². The lowest BCUT2D eigenvalue weighted by molar-refractivity contribution is -0.384. The van der Waals surface area contributed by atoms with Gasteiger partial charge in [-0.05, 0) is 29.8 Å². The minimum atomic E-state index is -4.67. The Labute approximate surface area is 168 Å². The van der Waals surface area contributed by atoms with Crippen molar-refractivity contribution in [2.24, 2.45) is 5.10 Å². The van der Waals surface area contributed by atoms with Crippen molar-refractivity contribution in [3.8, 4) is 0 Å². The van der Waals surface area contributed by atoms with Crippen LogP contribution in [-0.4, -0.2) is 26.1 Å². The van der Waals surface area contributed by atoms with Crippen molar-refractivity contribution in [3.05, 3.63) is 87.7 Å². The van der Waals surface area contributed by atoms with Gasteiger partial charge in [-0.3, -0.25) is 15.5 Å². The normalized spacial score (nSPS) is 12.0. The van der Waals surface area contributed by atoms with Crippen molar-refractivity contribution in [2.75, 3.05) is 5.43 Å². The first-order chi connectivity index (χ1) is 14.3. The number of nitrogens with one attached hydrogen (secondary N) is 1. The molecule has 0 spiro atoms. The zero-order valence-electron chi connectivity index (χ0n) is 15.3. The molecule has 154 valence electrons. The molecule has 0 amide bonds. The fourth-order valence-corrected chi connectivity index (χ4v) is 2.48. The third-order valence-corrected chi connectivity index (χ3v) is 3.88. The zero-order valence-corrected chi connectivity index (χ0v) is 15.3. The largest absolute Gasteiger partial charge is 0.416 e. The fraction of sp³-hybridized carbons (Fsp3) is 0.105. The molecule has 3 aromatic rings. The maximum atomic E-state index is 12.7. The molecule has 0 atom stereocenters. The molecule has 0 aliphatic heterocycles. The number of nitrogens with zero attached hydrogens (tertiary/aromatic N) is 5. The molecule has 0 aliphatic carbocycles. The van der Waals surface area contributed by atoms with Gasteiger partial charge in [-0.25, -0.2) is 4.68 Å². The average molecular weight is 416 g/mol. The van der Waals surface area contributed by atoms with Crippen LogP contribution in [-0.2, 0) is 12.7 Å². The van der Waals surface area contributed by atoms with Gasteiger partial charge in [0.05, 0.1) is 23.2 Å². The van der Waals surface area contributed by atoms with Crippen LogP contribution in [0.3, 0.4) is 0 Å².